The fraction of sp³-hybridized carbons (Fsp3) is 0.143. The Kier molecular flexibility index (Phi) is 2.84. The fourth-order valence-corrected chi connectivity index (χ4v) is 0.619. The van der Waals surface area contributed by atoms with E-state index in [2.05, 4.69) is 14.7 Å². The first-order valence-corrected chi connectivity index (χ1v) is 3.22. The molecule has 0 N–H and O–H groups in total. The Morgan fingerprint density at radius 1 is 1.23 bits per heavy atom. The highest BCUT2D eigenvalue weighted by Crippen LogP contribution is 2.19. The Morgan fingerprint density at radius 2 is 1.77 bits per heavy atom. The second kappa shape index (κ2) is 3.88. The van der Waals surface area contributed by atoms with Gasteiger partial charge >= 0.3 is 6.08 Å². The molecular weight excluding hydrogens is 185 g/mol. The zero-order valence-corrected chi connectivity index (χ0v) is 6.59. The van der Waals surface area contributed by atoms with Gasteiger partial charge in [0.15, 0.2) is 11.6 Å². The number of rotatable bonds is 2. The number of ether oxygens (including phenoxy) is 1. The molecule has 0 saturated carbocycles. The van der Waals surface area contributed by atoms with E-state index < -0.39 is 17.7 Å². The molecule has 1 aromatic heterocycles. The molecule has 0 atom stereocenters. The maximum atomic E-state index is 12.5. The molecule has 0 aliphatic carbocycles. The van der Waals surface area contributed by atoms with Crippen molar-refractivity contribution in [2.24, 2.45) is 0 Å². The Morgan fingerprint density at radius 3 is 2.15 bits per heavy atom. The second-order valence-electron chi connectivity index (χ2n) is 2.02. The first-order chi connectivity index (χ1) is 6.15. The molecule has 0 spiro atoms. The van der Waals surface area contributed by atoms with E-state index in [0.717, 1.165) is 12.4 Å². The molecule has 0 saturated heterocycles. The van der Waals surface area contributed by atoms with Gasteiger partial charge in [-0.1, -0.05) is 0 Å². The predicted octanol–water partition coefficient (Wildman–Crippen LogP) is 2.02. The Hall–Kier alpha value is -1.59. The molecule has 13 heavy (non-hydrogen) atoms. The standard InChI is InChI=1S/C7H5F3N2O/c1-13-4-2-11-7(12-3-4)5(8)6(9)10/h2-3H,1H3. The summed E-state index contributed by atoms with van der Waals surface area (Å²) in [5.41, 5.74) is 0. The molecule has 1 rings (SSSR count). The predicted molar refractivity (Wildman–Crippen MR) is 38.8 cm³/mol. The summed E-state index contributed by atoms with van der Waals surface area (Å²) in [6.45, 7) is 0. The molecule has 3 nitrogen and oxygen atoms in total. The number of hydrogen-bond acceptors (Lipinski definition) is 3. The van der Waals surface area contributed by atoms with Gasteiger partial charge in [-0.2, -0.15) is 13.2 Å². The van der Waals surface area contributed by atoms with Crippen molar-refractivity contribution >= 4 is 5.83 Å². The molecule has 0 fully saturated rings. The van der Waals surface area contributed by atoms with Crippen molar-refractivity contribution in [3.63, 3.8) is 0 Å². The van der Waals surface area contributed by atoms with E-state index in [-0.39, 0.29) is 5.75 Å². The van der Waals surface area contributed by atoms with Crippen LogP contribution in [0.15, 0.2) is 18.5 Å². The van der Waals surface area contributed by atoms with E-state index in [1.807, 2.05) is 0 Å². The molecule has 1 heterocycles. The van der Waals surface area contributed by atoms with E-state index in [4.69, 9.17) is 0 Å². The number of nitrogens with zero attached hydrogens (tertiary/aromatic N) is 2. The van der Waals surface area contributed by atoms with Gasteiger partial charge in [0, 0.05) is 0 Å². The molecule has 6 heteroatoms. The molecule has 0 radical (unpaired) electrons. The average molecular weight is 190 g/mol. The summed E-state index contributed by atoms with van der Waals surface area (Å²) in [5.74, 6) is -2.10. The Bertz CT molecular complexity index is 319. The molecular formula is C7H5F3N2O. The van der Waals surface area contributed by atoms with Crippen LogP contribution in [0.2, 0.25) is 0 Å². The summed E-state index contributed by atoms with van der Waals surface area (Å²) >= 11 is 0. The largest absolute Gasteiger partial charge is 0.494 e. The van der Waals surface area contributed by atoms with Crippen LogP contribution in [0.4, 0.5) is 13.2 Å². The zero-order chi connectivity index (χ0) is 9.84. The Balaban J connectivity index is 2.99. The van der Waals surface area contributed by atoms with Gasteiger partial charge in [0.1, 0.15) is 0 Å². The molecule has 0 unspecified atom stereocenters. The van der Waals surface area contributed by atoms with Crippen LogP contribution in [0, 0.1) is 0 Å². The van der Waals surface area contributed by atoms with Gasteiger partial charge in [-0.25, -0.2) is 9.97 Å². The van der Waals surface area contributed by atoms with Gasteiger partial charge in [-0.15, -0.1) is 0 Å². The monoisotopic (exact) mass is 190 g/mol. The first-order valence-electron chi connectivity index (χ1n) is 3.22. The van der Waals surface area contributed by atoms with Crippen molar-refractivity contribution in [2.75, 3.05) is 7.11 Å². The van der Waals surface area contributed by atoms with Crippen LogP contribution < -0.4 is 4.74 Å². The van der Waals surface area contributed by atoms with E-state index in [9.17, 15) is 13.2 Å². The lowest BCUT2D eigenvalue weighted by molar-refractivity contribution is 0.405. The van der Waals surface area contributed by atoms with Crippen LogP contribution in [0.3, 0.4) is 0 Å². The fourth-order valence-electron chi connectivity index (χ4n) is 0.619. The molecule has 70 valence electrons. The maximum Gasteiger partial charge on any atom is 0.309 e. The van der Waals surface area contributed by atoms with Gasteiger partial charge in [-0.3, -0.25) is 0 Å². The minimum absolute atomic E-state index is 0.274. The summed E-state index contributed by atoms with van der Waals surface area (Å²) in [6, 6.07) is 0. The highest BCUT2D eigenvalue weighted by atomic mass is 19.3. The second-order valence-corrected chi connectivity index (χ2v) is 2.02. The van der Waals surface area contributed by atoms with Crippen LogP contribution >= 0.6 is 0 Å². The lowest BCUT2D eigenvalue weighted by atomic mass is 10.5. The quantitative estimate of drug-likeness (QED) is 0.715. The molecule has 0 aliphatic rings. The van der Waals surface area contributed by atoms with Crippen molar-refractivity contribution < 1.29 is 17.9 Å². The minimum Gasteiger partial charge on any atom is -0.494 e. The molecule has 0 aromatic carbocycles. The Labute approximate surface area is 71.9 Å². The molecule has 1 aromatic rings. The highest BCUT2D eigenvalue weighted by Gasteiger charge is 2.11. The van der Waals surface area contributed by atoms with E-state index in [1.54, 1.807) is 0 Å². The van der Waals surface area contributed by atoms with Gasteiger partial charge in [-0.05, 0) is 0 Å². The smallest absolute Gasteiger partial charge is 0.309 e. The number of aromatic nitrogens is 2. The van der Waals surface area contributed by atoms with Crippen LogP contribution in [-0.2, 0) is 0 Å². The first kappa shape index (κ1) is 9.50. The van der Waals surface area contributed by atoms with E-state index in [1.165, 1.54) is 7.11 Å². The van der Waals surface area contributed by atoms with Crippen molar-refractivity contribution in [1.29, 1.82) is 0 Å². The summed E-state index contributed by atoms with van der Waals surface area (Å²) in [5, 5.41) is 0. The highest BCUT2D eigenvalue weighted by molar-refractivity contribution is 5.52. The summed E-state index contributed by atoms with van der Waals surface area (Å²) in [7, 11) is 1.36. The normalized spacial score (nSPS) is 9.54. The van der Waals surface area contributed by atoms with Crippen molar-refractivity contribution in [2.45, 2.75) is 0 Å². The topological polar surface area (TPSA) is 35.0 Å². The van der Waals surface area contributed by atoms with E-state index in [0.29, 0.717) is 0 Å². The van der Waals surface area contributed by atoms with E-state index >= 15 is 0 Å². The number of halogens is 3. The third-order valence-corrected chi connectivity index (χ3v) is 1.23. The van der Waals surface area contributed by atoms with Gasteiger partial charge < -0.3 is 4.74 Å². The summed E-state index contributed by atoms with van der Waals surface area (Å²) < 4.78 is 40.5. The average Bonchev–Trinajstić information content (AvgIpc) is 2.17. The van der Waals surface area contributed by atoms with Crippen molar-refractivity contribution in [3.8, 4) is 5.75 Å². The summed E-state index contributed by atoms with van der Waals surface area (Å²) in [6.07, 6.45) is -0.236. The number of methoxy groups -OCH3 is 1. The maximum absolute atomic E-state index is 12.5. The molecule has 0 amide bonds. The van der Waals surface area contributed by atoms with Gasteiger partial charge in [0.25, 0.3) is 0 Å². The lowest BCUT2D eigenvalue weighted by Gasteiger charge is -1.98. The molecule has 0 bridgehead atoms. The van der Waals surface area contributed by atoms with Gasteiger partial charge in [0.2, 0.25) is 5.83 Å². The lowest BCUT2D eigenvalue weighted by Crippen LogP contribution is -1.92. The molecule has 0 aliphatic heterocycles. The third-order valence-electron chi connectivity index (χ3n) is 1.23. The van der Waals surface area contributed by atoms with Crippen LogP contribution in [-0.4, -0.2) is 17.1 Å². The van der Waals surface area contributed by atoms with Crippen LogP contribution in [0.5, 0.6) is 5.75 Å². The van der Waals surface area contributed by atoms with Crippen molar-refractivity contribution in [3.05, 3.63) is 24.3 Å². The van der Waals surface area contributed by atoms with Crippen molar-refractivity contribution in [1.82, 2.24) is 9.97 Å². The van der Waals surface area contributed by atoms with Gasteiger partial charge in [0.05, 0.1) is 19.5 Å². The summed E-state index contributed by atoms with van der Waals surface area (Å²) in [4.78, 5) is 6.64. The zero-order valence-electron chi connectivity index (χ0n) is 6.59. The third kappa shape index (κ3) is 2.17. The van der Waals surface area contributed by atoms with Crippen LogP contribution in [0.1, 0.15) is 5.82 Å². The van der Waals surface area contributed by atoms with Crippen LogP contribution in [0.25, 0.3) is 5.83 Å². The minimum atomic E-state index is -2.44. The SMILES string of the molecule is COc1cnc(C(F)=C(F)F)nc1. The number of hydrogen-bond donors (Lipinski definition) is 0.